The number of nitro benzene ring substituents is 1. The largest absolute Gasteiger partial charge is 0.354 e. The highest BCUT2D eigenvalue weighted by Crippen LogP contribution is 2.27. The first kappa shape index (κ1) is 23.0. The van der Waals surface area contributed by atoms with Gasteiger partial charge >= 0.3 is 0 Å². The minimum absolute atomic E-state index is 0.134. The summed E-state index contributed by atoms with van der Waals surface area (Å²) >= 11 is 0. The van der Waals surface area contributed by atoms with Crippen molar-refractivity contribution in [1.82, 2.24) is 15.1 Å². The van der Waals surface area contributed by atoms with E-state index in [0.29, 0.717) is 12.1 Å². The van der Waals surface area contributed by atoms with Crippen LogP contribution >= 0.6 is 0 Å². The van der Waals surface area contributed by atoms with Gasteiger partial charge < -0.3 is 15.1 Å². The molecule has 11 heteroatoms. The van der Waals surface area contributed by atoms with Crippen LogP contribution in [0.3, 0.4) is 0 Å². The highest BCUT2D eigenvalue weighted by atomic mass is 32.2. The Labute approximate surface area is 171 Å². The predicted octanol–water partition coefficient (Wildman–Crippen LogP) is 0.423. The van der Waals surface area contributed by atoms with E-state index in [2.05, 4.69) is 22.2 Å². The molecule has 1 amide bonds. The number of piperazine rings is 1. The van der Waals surface area contributed by atoms with Crippen LogP contribution in [-0.4, -0.2) is 88.2 Å². The Morgan fingerprint density at radius 1 is 1.28 bits per heavy atom. The van der Waals surface area contributed by atoms with Gasteiger partial charge in [0.15, 0.2) is 0 Å². The number of amides is 1. The molecule has 1 fully saturated rings. The van der Waals surface area contributed by atoms with Crippen molar-refractivity contribution in [3.63, 3.8) is 0 Å². The summed E-state index contributed by atoms with van der Waals surface area (Å²) in [6.45, 7) is 6.58. The lowest BCUT2D eigenvalue weighted by molar-refractivity contribution is -0.384. The molecule has 0 bridgehead atoms. The molecule has 29 heavy (non-hydrogen) atoms. The number of nitrogens with one attached hydrogen (secondary N) is 1. The average molecular weight is 428 g/mol. The topological polar surface area (TPSA) is 116 Å². The second-order valence-corrected chi connectivity index (χ2v) is 9.25. The van der Waals surface area contributed by atoms with E-state index in [9.17, 15) is 23.3 Å². The van der Waals surface area contributed by atoms with Gasteiger partial charge in [0.1, 0.15) is 6.54 Å². The van der Waals surface area contributed by atoms with Gasteiger partial charge in [0.25, 0.3) is 5.69 Å². The fraction of sp³-hybridized carbons (Fsp3) is 0.611. The molecule has 1 aliphatic rings. The molecule has 0 spiro atoms. The molecule has 1 saturated heterocycles. The van der Waals surface area contributed by atoms with Crippen LogP contribution in [0, 0.1) is 17.0 Å². The van der Waals surface area contributed by atoms with Gasteiger partial charge in [-0.15, -0.1) is 0 Å². The van der Waals surface area contributed by atoms with Crippen LogP contribution < -0.4 is 9.62 Å². The van der Waals surface area contributed by atoms with E-state index in [1.165, 1.54) is 18.2 Å². The van der Waals surface area contributed by atoms with Crippen molar-refractivity contribution in [3.8, 4) is 0 Å². The van der Waals surface area contributed by atoms with Crippen molar-refractivity contribution >= 4 is 27.3 Å². The smallest absolute Gasteiger partial charge is 0.271 e. The highest BCUT2D eigenvalue weighted by Gasteiger charge is 2.24. The number of nitro groups is 1. The standard InChI is InChI=1S/C18H29N5O5S/c1-15-5-6-16(23(25)26)13-17(15)22(29(3,27)28)14-18(24)19-7-4-8-21-11-9-20(2)10-12-21/h5-6,13H,4,7-12,14H2,1-3H3,(H,19,24). The van der Waals surface area contributed by atoms with Crippen LogP contribution in [-0.2, 0) is 14.8 Å². The van der Waals surface area contributed by atoms with E-state index in [1.54, 1.807) is 6.92 Å². The van der Waals surface area contributed by atoms with Gasteiger partial charge in [-0.05, 0) is 32.5 Å². The quantitative estimate of drug-likeness (QED) is 0.345. The number of carbonyl (C=O) groups is 1. The van der Waals surface area contributed by atoms with Crippen molar-refractivity contribution < 1.29 is 18.1 Å². The number of aryl methyl sites for hydroxylation is 1. The zero-order chi connectivity index (χ0) is 21.6. The van der Waals surface area contributed by atoms with Crippen molar-refractivity contribution in [2.45, 2.75) is 13.3 Å². The number of hydrogen-bond donors (Lipinski definition) is 1. The molecule has 0 atom stereocenters. The lowest BCUT2D eigenvalue weighted by Crippen LogP contribution is -2.45. The van der Waals surface area contributed by atoms with E-state index in [-0.39, 0.29) is 11.4 Å². The molecule has 10 nitrogen and oxygen atoms in total. The minimum Gasteiger partial charge on any atom is -0.354 e. The Morgan fingerprint density at radius 3 is 2.52 bits per heavy atom. The average Bonchev–Trinajstić information content (AvgIpc) is 2.64. The Balaban J connectivity index is 1.94. The summed E-state index contributed by atoms with van der Waals surface area (Å²) in [4.78, 5) is 27.4. The SMILES string of the molecule is Cc1ccc([N+](=O)[O-])cc1N(CC(=O)NCCCN1CCN(C)CC1)S(C)(=O)=O. The minimum atomic E-state index is -3.79. The molecule has 1 aliphatic heterocycles. The lowest BCUT2D eigenvalue weighted by Gasteiger charge is -2.32. The summed E-state index contributed by atoms with van der Waals surface area (Å²) in [6, 6.07) is 3.95. The van der Waals surface area contributed by atoms with Crippen LogP contribution in [0.1, 0.15) is 12.0 Å². The fourth-order valence-electron chi connectivity index (χ4n) is 3.15. The molecule has 1 aromatic rings. The maximum Gasteiger partial charge on any atom is 0.271 e. The van der Waals surface area contributed by atoms with Gasteiger partial charge in [-0.3, -0.25) is 19.2 Å². The Hall–Kier alpha value is -2.24. The molecular weight excluding hydrogens is 398 g/mol. The van der Waals surface area contributed by atoms with Gasteiger partial charge in [0.05, 0.1) is 16.9 Å². The van der Waals surface area contributed by atoms with Crippen LogP contribution in [0.15, 0.2) is 18.2 Å². The van der Waals surface area contributed by atoms with Gasteiger partial charge in [0.2, 0.25) is 15.9 Å². The second kappa shape index (κ2) is 9.99. The van der Waals surface area contributed by atoms with E-state index in [0.717, 1.165) is 49.7 Å². The van der Waals surface area contributed by atoms with Gasteiger partial charge in [-0.25, -0.2) is 8.42 Å². The summed E-state index contributed by atoms with van der Waals surface area (Å²) < 4.78 is 25.4. The molecule has 1 aromatic carbocycles. The van der Waals surface area contributed by atoms with Gasteiger partial charge in [-0.1, -0.05) is 6.07 Å². The van der Waals surface area contributed by atoms with Crippen LogP contribution in [0.2, 0.25) is 0 Å². The van der Waals surface area contributed by atoms with E-state index >= 15 is 0 Å². The number of hydrogen-bond acceptors (Lipinski definition) is 7. The molecule has 162 valence electrons. The Kier molecular flexibility index (Phi) is 7.94. The van der Waals surface area contributed by atoms with Crippen LogP contribution in [0.25, 0.3) is 0 Å². The number of likely N-dealkylation sites (N-methyl/N-ethyl adjacent to an activating group) is 1. The van der Waals surface area contributed by atoms with E-state index in [1.807, 2.05) is 0 Å². The van der Waals surface area contributed by atoms with E-state index in [4.69, 9.17) is 0 Å². The van der Waals surface area contributed by atoms with Crippen molar-refractivity contribution in [2.75, 3.05) is 63.4 Å². The molecule has 1 heterocycles. The third-order valence-corrected chi connectivity index (χ3v) is 6.06. The lowest BCUT2D eigenvalue weighted by atomic mass is 10.2. The third-order valence-electron chi connectivity index (χ3n) is 4.93. The fourth-order valence-corrected chi connectivity index (χ4v) is 4.06. The van der Waals surface area contributed by atoms with Gasteiger partial charge in [0, 0.05) is 44.9 Å². The summed E-state index contributed by atoms with van der Waals surface area (Å²) in [5.41, 5.74) is 0.435. The number of anilines is 1. The molecule has 2 rings (SSSR count). The number of sulfonamides is 1. The summed E-state index contributed by atoms with van der Waals surface area (Å²) in [5.74, 6) is -0.445. The number of benzene rings is 1. The number of non-ortho nitro benzene ring substituents is 1. The number of nitrogens with zero attached hydrogens (tertiary/aromatic N) is 4. The molecule has 0 aliphatic carbocycles. The van der Waals surface area contributed by atoms with Gasteiger partial charge in [-0.2, -0.15) is 0 Å². The van der Waals surface area contributed by atoms with Crippen molar-refractivity contribution in [3.05, 3.63) is 33.9 Å². The first-order chi connectivity index (χ1) is 13.6. The maximum absolute atomic E-state index is 12.3. The molecule has 0 unspecified atom stereocenters. The highest BCUT2D eigenvalue weighted by molar-refractivity contribution is 7.92. The zero-order valence-corrected chi connectivity index (χ0v) is 17.9. The van der Waals surface area contributed by atoms with Crippen LogP contribution in [0.4, 0.5) is 11.4 Å². The van der Waals surface area contributed by atoms with Crippen LogP contribution in [0.5, 0.6) is 0 Å². The second-order valence-electron chi connectivity index (χ2n) is 7.35. The third kappa shape index (κ3) is 6.94. The summed E-state index contributed by atoms with van der Waals surface area (Å²) in [5, 5.41) is 13.8. The summed E-state index contributed by atoms with van der Waals surface area (Å²) in [7, 11) is -1.70. The Morgan fingerprint density at radius 2 is 1.93 bits per heavy atom. The van der Waals surface area contributed by atoms with E-state index < -0.39 is 27.4 Å². The number of rotatable bonds is 9. The maximum atomic E-state index is 12.3. The molecule has 0 saturated carbocycles. The normalized spacial score (nSPS) is 15.8. The monoisotopic (exact) mass is 427 g/mol. The van der Waals surface area contributed by atoms with Crippen molar-refractivity contribution in [2.24, 2.45) is 0 Å². The zero-order valence-electron chi connectivity index (χ0n) is 17.1. The first-order valence-corrected chi connectivity index (χ1v) is 11.3. The Bertz CT molecular complexity index is 837. The molecule has 1 N–H and O–H groups in total. The summed E-state index contributed by atoms with van der Waals surface area (Å²) in [6.07, 6.45) is 1.75. The predicted molar refractivity (Wildman–Crippen MR) is 112 cm³/mol. The number of carbonyl (C=O) groups excluding carboxylic acids is 1. The first-order valence-electron chi connectivity index (χ1n) is 9.48. The molecule has 0 aromatic heterocycles. The molecular formula is C18H29N5O5S. The van der Waals surface area contributed by atoms with Crippen molar-refractivity contribution in [1.29, 1.82) is 0 Å². The molecule has 0 radical (unpaired) electrons.